The number of hydrogen-bond donors (Lipinski definition) is 2. The number of thiophene rings is 1. The Bertz CT molecular complexity index is 698. The predicted molar refractivity (Wildman–Crippen MR) is 75.9 cm³/mol. The maximum atomic E-state index is 11.4. The molecule has 0 atom stereocenters. The third kappa shape index (κ3) is 1.80. The first-order valence-electron chi connectivity index (χ1n) is 5.68. The minimum atomic E-state index is -0.0578. The molecule has 0 aliphatic carbocycles. The van der Waals surface area contributed by atoms with Gasteiger partial charge in [-0.2, -0.15) is 0 Å². The van der Waals surface area contributed by atoms with Crippen LogP contribution in [0.4, 0.5) is 5.69 Å². The monoisotopic (exact) mass is 256 g/mol. The lowest BCUT2D eigenvalue weighted by atomic mass is 10.2. The zero-order chi connectivity index (χ0) is 12.5. The Morgan fingerprint density at radius 3 is 2.78 bits per heavy atom. The Hall–Kier alpha value is -2.07. The summed E-state index contributed by atoms with van der Waals surface area (Å²) >= 11 is 1.65. The molecule has 0 aliphatic rings. The van der Waals surface area contributed by atoms with Gasteiger partial charge >= 0.3 is 0 Å². The smallest absolute Gasteiger partial charge is 0.221 e. The van der Waals surface area contributed by atoms with E-state index in [2.05, 4.69) is 10.3 Å². The van der Waals surface area contributed by atoms with E-state index in [0.717, 1.165) is 27.2 Å². The molecule has 0 aliphatic heterocycles. The standard InChI is InChI=1S/C14H12N2OS/c1-9(17)15-13-10-5-2-3-6-11(10)16-14(13)12-7-4-8-18-12/h2-8,16H,1H3,(H,15,17). The number of anilines is 1. The number of aromatic nitrogens is 1. The van der Waals surface area contributed by atoms with Crippen LogP contribution < -0.4 is 5.32 Å². The van der Waals surface area contributed by atoms with E-state index in [1.54, 1.807) is 11.3 Å². The number of carbonyl (C=O) groups is 1. The minimum absolute atomic E-state index is 0.0578. The van der Waals surface area contributed by atoms with Crippen LogP contribution in [0.1, 0.15) is 6.92 Å². The number of nitrogens with one attached hydrogen (secondary N) is 2. The second kappa shape index (κ2) is 4.31. The molecule has 2 aromatic heterocycles. The first kappa shape index (κ1) is 11.0. The van der Waals surface area contributed by atoms with Gasteiger partial charge in [0.25, 0.3) is 0 Å². The van der Waals surface area contributed by atoms with Crippen LogP contribution in [0.5, 0.6) is 0 Å². The molecular formula is C14H12N2OS. The topological polar surface area (TPSA) is 44.9 Å². The molecule has 3 rings (SSSR count). The van der Waals surface area contributed by atoms with Crippen molar-refractivity contribution in [3.8, 4) is 10.6 Å². The first-order chi connectivity index (χ1) is 8.75. The highest BCUT2D eigenvalue weighted by atomic mass is 32.1. The van der Waals surface area contributed by atoms with Crippen LogP contribution in [0, 0.1) is 0 Å². The van der Waals surface area contributed by atoms with Gasteiger partial charge in [-0.05, 0) is 17.5 Å². The Morgan fingerprint density at radius 2 is 2.06 bits per heavy atom. The van der Waals surface area contributed by atoms with Gasteiger partial charge in [-0.3, -0.25) is 4.79 Å². The van der Waals surface area contributed by atoms with Crippen LogP contribution in [0.25, 0.3) is 21.5 Å². The van der Waals surface area contributed by atoms with Crippen molar-refractivity contribution in [2.24, 2.45) is 0 Å². The number of aromatic amines is 1. The molecule has 90 valence electrons. The number of rotatable bonds is 2. The first-order valence-corrected chi connectivity index (χ1v) is 6.56. The van der Waals surface area contributed by atoms with Crippen molar-refractivity contribution in [3.63, 3.8) is 0 Å². The maximum absolute atomic E-state index is 11.4. The molecular weight excluding hydrogens is 244 g/mol. The highest BCUT2D eigenvalue weighted by Gasteiger charge is 2.14. The predicted octanol–water partition coefficient (Wildman–Crippen LogP) is 3.85. The van der Waals surface area contributed by atoms with Gasteiger partial charge < -0.3 is 10.3 Å². The molecule has 0 saturated carbocycles. The molecule has 0 unspecified atom stereocenters. The summed E-state index contributed by atoms with van der Waals surface area (Å²) in [4.78, 5) is 15.8. The highest BCUT2D eigenvalue weighted by Crippen LogP contribution is 2.36. The van der Waals surface area contributed by atoms with Gasteiger partial charge in [0.05, 0.1) is 16.3 Å². The van der Waals surface area contributed by atoms with Crippen LogP contribution in [-0.4, -0.2) is 10.9 Å². The van der Waals surface area contributed by atoms with Gasteiger partial charge in [0, 0.05) is 17.8 Å². The number of para-hydroxylation sites is 1. The third-order valence-electron chi connectivity index (χ3n) is 2.77. The average molecular weight is 256 g/mol. The van der Waals surface area contributed by atoms with Gasteiger partial charge in [0.1, 0.15) is 0 Å². The highest BCUT2D eigenvalue weighted by molar-refractivity contribution is 7.13. The van der Waals surface area contributed by atoms with Crippen molar-refractivity contribution in [3.05, 3.63) is 41.8 Å². The van der Waals surface area contributed by atoms with Gasteiger partial charge in [0.15, 0.2) is 0 Å². The molecule has 2 N–H and O–H groups in total. The second-order valence-corrected chi connectivity index (χ2v) is 5.03. The van der Waals surface area contributed by atoms with Crippen molar-refractivity contribution in [2.75, 3.05) is 5.32 Å². The molecule has 0 fully saturated rings. The van der Waals surface area contributed by atoms with Gasteiger partial charge in [-0.1, -0.05) is 24.3 Å². The Balaban J connectivity index is 2.26. The maximum Gasteiger partial charge on any atom is 0.221 e. The van der Waals surface area contributed by atoms with Crippen molar-refractivity contribution >= 4 is 33.8 Å². The average Bonchev–Trinajstić information content (AvgIpc) is 2.96. The quantitative estimate of drug-likeness (QED) is 0.718. The van der Waals surface area contributed by atoms with Crippen molar-refractivity contribution < 1.29 is 4.79 Å². The molecule has 1 aromatic carbocycles. The summed E-state index contributed by atoms with van der Waals surface area (Å²) < 4.78 is 0. The summed E-state index contributed by atoms with van der Waals surface area (Å²) in [6.45, 7) is 1.53. The Labute approximate surface area is 108 Å². The largest absolute Gasteiger partial charge is 0.352 e. The number of carbonyl (C=O) groups excluding carboxylic acids is 1. The number of fused-ring (bicyclic) bond motifs is 1. The minimum Gasteiger partial charge on any atom is -0.352 e. The number of benzene rings is 1. The van der Waals surface area contributed by atoms with E-state index in [4.69, 9.17) is 0 Å². The summed E-state index contributed by atoms with van der Waals surface area (Å²) in [6, 6.07) is 12.0. The summed E-state index contributed by atoms with van der Waals surface area (Å²) in [5, 5.41) is 5.99. The molecule has 0 saturated heterocycles. The lowest BCUT2D eigenvalue weighted by Crippen LogP contribution is -2.05. The molecule has 2 heterocycles. The molecule has 1 amide bonds. The van der Waals surface area contributed by atoms with Gasteiger partial charge in [-0.25, -0.2) is 0 Å². The summed E-state index contributed by atoms with van der Waals surface area (Å²) in [5.74, 6) is -0.0578. The van der Waals surface area contributed by atoms with E-state index in [9.17, 15) is 4.79 Å². The molecule has 0 bridgehead atoms. The number of H-pyrrole nitrogens is 1. The summed E-state index contributed by atoms with van der Waals surface area (Å²) in [6.07, 6.45) is 0. The Kier molecular flexibility index (Phi) is 2.64. The summed E-state index contributed by atoms with van der Waals surface area (Å²) in [7, 11) is 0. The lowest BCUT2D eigenvalue weighted by Gasteiger charge is -2.03. The van der Waals surface area contributed by atoms with Crippen LogP contribution in [0.3, 0.4) is 0 Å². The van der Waals surface area contributed by atoms with Crippen LogP contribution in [0.2, 0.25) is 0 Å². The third-order valence-corrected chi connectivity index (χ3v) is 3.66. The van der Waals surface area contributed by atoms with Crippen molar-refractivity contribution in [2.45, 2.75) is 6.92 Å². The number of amides is 1. The van der Waals surface area contributed by atoms with E-state index < -0.39 is 0 Å². The molecule has 18 heavy (non-hydrogen) atoms. The van der Waals surface area contributed by atoms with E-state index >= 15 is 0 Å². The zero-order valence-electron chi connectivity index (χ0n) is 9.86. The fourth-order valence-electron chi connectivity index (χ4n) is 2.05. The zero-order valence-corrected chi connectivity index (χ0v) is 10.7. The van der Waals surface area contributed by atoms with E-state index in [-0.39, 0.29) is 5.91 Å². The van der Waals surface area contributed by atoms with Crippen LogP contribution in [0.15, 0.2) is 41.8 Å². The molecule has 0 spiro atoms. The van der Waals surface area contributed by atoms with Crippen molar-refractivity contribution in [1.29, 1.82) is 0 Å². The lowest BCUT2D eigenvalue weighted by molar-refractivity contribution is -0.114. The van der Waals surface area contributed by atoms with Gasteiger partial charge in [0.2, 0.25) is 5.91 Å². The molecule has 4 heteroatoms. The Morgan fingerprint density at radius 1 is 1.22 bits per heavy atom. The van der Waals surface area contributed by atoms with Crippen molar-refractivity contribution in [1.82, 2.24) is 4.98 Å². The molecule has 3 aromatic rings. The summed E-state index contributed by atoms with van der Waals surface area (Å²) in [5.41, 5.74) is 2.87. The normalized spacial score (nSPS) is 10.7. The van der Waals surface area contributed by atoms with E-state index in [1.165, 1.54) is 6.92 Å². The van der Waals surface area contributed by atoms with Crippen LogP contribution >= 0.6 is 11.3 Å². The van der Waals surface area contributed by atoms with Crippen LogP contribution in [-0.2, 0) is 4.79 Å². The second-order valence-electron chi connectivity index (χ2n) is 4.08. The SMILES string of the molecule is CC(=O)Nc1c(-c2cccs2)[nH]c2ccccc12. The van der Waals surface area contributed by atoms with E-state index in [0.29, 0.717) is 0 Å². The fraction of sp³-hybridized carbons (Fsp3) is 0.0714. The molecule has 3 nitrogen and oxygen atoms in total. The molecule has 0 radical (unpaired) electrons. The van der Waals surface area contributed by atoms with Gasteiger partial charge in [-0.15, -0.1) is 11.3 Å². The fourth-order valence-corrected chi connectivity index (χ4v) is 2.79. The number of hydrogen-bond acceptors (Lipinski definition) is 2. The van der Waals surface area contributed by atoms with E-state index in [1.807, 2.05) is 41.8 Å².